The van der Waals surface area contributed by atoms with E-state index in [9.17, 15) is 8.42 Å². The molecular formula is C18H25ClN2O3S. The van der Waals surface area contributed by atoms with Crippen LogP contribution in [0.4, 0.5) is 0 Å². The van der Waals surface area contributed by atoms with Crippen molar-refractivity contribution in [1.29, 1.82) is 0 Å². The van der Waals surface area contributed by atoms with Crippen LogP contribution in [0.15, 0.2) is 54.6 Å². The summed E-state index contributed by atoms with van der Waals surface area (Å²) in [4.78, 5) is 0. The molecule has 0 unspecified atom stereocenters. The molecule has 2 N–H and O–H groups in total. The van der Waals surface area contributed by atoms with Gasteiger partial charge in [-0.2, -0.15) is 4.31 Å². The van der Waals surface area contributed by atoms with Crippen molar-refractivity contribution >= 4 is 22.4 Å². The number of sulfonamides is 1. The minimum Gasteiger partial charge on any atom is -0.497 e. The van der Waals surface area contributed by atoms with Gasteiger partial charge in [0.2, 0.25) is 10.0 Å². The van der Waals surface area contributed by atoms with Crippen molar-refractivity contribution in [1.82, 2.24) is 4.31 Å². The summed E-state index contributed by atoms with van der Waals surface area (Å²) in [6.07, 6.45) is 0.629. The maximum Gasteiger partial charge on any atom is 0.218 e. The summed E-state index contributed by atoms with van der Waals surface area (Å²) in [5, 5.41) is 0. The molecule has 0 aliphatic rings. The number of halogens is 1. The first kappa shape index (κ1) is 21.4. The van der Waals surface area contributed by atoms with E-state index < -0.39 is 10.0 Å². The van der Waals surface area contributed by atoms with E-state index in [-0.39, 0.29) is 18.2 Å². The van der Waals surface area contributed by atoms with E-state index in [1.807, 2.05) is 30.3 Å². The topological polar surface area (TPSA) is 72.6 Å². The fourth-order valence-corrected chi connectivity index (χ4v) is 3.97. The highest BCUT2D eigenvalue weighted by Gasteiger charge is 2.22. The maximum atomic E-state index is 12.9. The van der Waals surface area contributed by atoms with Crippen LogP contribution in [0.25, 0.3) is 0 Å². The molecule has 0 heterocycles. The summed E-state index contributed by atoms with van der Waals surface area (Å²) in [7, 11) is -1.88. The highest BCUT2D eigenvalue weighted by atomic mass is 35.5. The molecule has 0 aromatic heterocycles. The Balaban J connectivity index is 0.00000312. The summed E-state index contributed by atoms with van der Waals surface area (Å²) in [5.41, 5.74) is 7.24. The van der Waals surface area contributed by atoms with E-state index in [1.165, 1.54) is 4.31 Å². The summed E-state index contributed by atoms with van der Waals surface area (Å²) < 4.78 is 32.4. The number of methoxy groups -OCH3 is 1. The zero-order valence-corrected chi connectivity index (χ0v) is 15.9. The molecule has 0 radical (unpaired) electrons. The Morgan fingerprint density at radius 1 is 1.04 bits per heavy atom. The fraction of sp³-hybridized carbons (Fsp3) is 0.333. The van der Waals surface area contributed by atoms with E-state index in [0.29, 0.717) is 37.4 Å². The Hall–Kier alpha value is -1.60. The van der Waals surface area contributed by atoms with Crippen LogP contribution in [0.5, 0.6) is 5.75 Å². The largest absolute Gasteiger partial charge is 0.497 e. The molecule has 7 heteroatoms. The van der Waals surface area contributed by atoms with Gasteiger partial charge in [0.25, 0.3) is 0 Å². The Morgan fingerprint density at radius 2 is 1.72 bits per heavy atom. The maximum absolute atomic E-state index is 12.9. The summed E-state index contributed by atoms with van der Waals surface area (Å²) >= 11 is 0. The van der Waals surface area contributed by atoms with Gasteiger partial charge in [-0.1, -0.05) is 42.5 Å². The van der Waals surface area contributed by atoms with Gasteiger partial charge in [0.15, 0.2) is 0 Å². The lowest BCUT2D eigenvalue weighted by Crippen LogP contribution is -2.33. The molecule has 2 aromatic rings. The molecule has 25 heavy (non-hydrogen) atoms. The Labute approximate surface area is 156 Å². The third kappa shape index (κ3) is 6.66. The summed E-state index contributed by atoms with van der Waals surface area (Å²) in [5.74, 6) is 0.598. The van der Waals surface area contributed by atoms with E-state index in [0.717, 1.165) is 5.56 Å². The van der Waals surface area contributed by atoms with Gasteiger partial charge in [0.05, 0.1) is 12.9 Å². The molecule has 0 spiro atoms. The van der Waals surface area contributed by atoms with Crippen LogP contribution in [-0.4, -0.2) is 32.9 Å². The van der Waals surface area contributed by atoms with Crippen LogP contribution in [0.3, 0.4) is 0 Å². The molecule has 0 bridgehead atoms. The number of hydrogen-bond donors (Lipinski definition) is 1. The van der Waals surface area contributed by atoms with Crippen LogP contribution in [0, 0.1) is 0 Å². The summed E-state index contributed by atoms with van der Waals surface area (Å²) in [6.45, 7) is 1.23. The van der Waals surface area contributed by atoms with E-state index in [1.54, 1.807) is 31.4 Å². The molecule has 0 atom stereocenters. The number of hydrogen-bond acceptors (Lipinski definition) is 4. The highest BCUT2D eigenvalue weighted by molar-refractivity contribution is 7.88. The minimum absolute atomic E-state index is 0. The van der Waals surface area contributed by atoms with Crippen molar-refractivity contribution in [2.45, 2.75) is 18.7 Å². The zero-order valence-electron chi connectivity index (χ0n) is 14.3. The highest BCUT2D eigenvalue weighted by Crippen LogP contribution is 2.18. The fourth-order valence-electron chi connectivity index (χ4n) is 2.44. The minimum atomic E-state index is -3.45. The van der Waals surface area contributed by atoms with Crippen LogP contribution < -0.4 is 10.5 Å². The second-order valence-electron chi connectivity index (χ2n) is 5.57. The monoisotopic (exact) mass is 384 g/mol. The molecule has 0 saturated heterocycles. The van der Waals surface area contributed by atoms with Gasteiger partial charge in [0, 0.05) is 13.1 Å². The van der Waals surface area contributed by atoms with Gasteiger partial charge in [-0.15, -0.1) is 12.4 Å². The molecule has 0 saturated carbocycles. The van der Waals surface area contributed by atoms with Crippen LogP contribution in [0.2, 0.25) is 0 Å². The molecule has 0 amide bonds. The number of nitrogens with two attached hydrogens (primary N) is 1. The van der Waals surface area contributed by atoms with Gasteiger partial charge >= 0.3 is 0 Å². The Morgan fingerprint density at radius 3 is 2.36 bits per heavy atom. The second kappa shape index (κ2) is 10.4. The molecule has 2 rings (SSSR count). The average molecular weight is 385 g/mol. The molecule has 0 fully saturated rings. The van der Waals surface area contributed by atoms with Crippen molar-refractivity contribution in [2.75, 3.05) is 20.2 Å². The first-order valence-electron chi connectivity index (χ1n) is 7.90. The van der Waals surface area contributed by atoms with E-state index >= 15 is 0 Å². The van der Waals surface area contributed by atoms with Crippen molar-refractivity contribution < 1.29 is 13.2 Å². The number of nitrogens with zero attached hydrogens (tertiary/aromatic N) is 1. The van der Waals surface area contributed by atoms with Gasteiger partial charge in [0.1, 0.15) is 5.75 Å². The molecule has 0 aliphatic carbocycles. The first-order valence-corrected chi connectivity index (χ1v) is 9.51. The van der Waals surface area contributed by atoms with Gasteiger partial charge in [-0.25, -0.2) is 8.42 Å². The van der Waals surface area contributed by atoms with Crippen molar-refractivity contribution in [3.63, 3.8) is 0 Å². The van der Waals surface area contributed by atoms with Crippen LogP contribution in [0.1, 0.15) is 17.5 Å². The van der Waals surface area contributed by atoms with Crippen molar-refractivity contribution in [3.05, 3.63) is 65.7 Å². The van der Waals surface area contributed by atoms with Crippen molar-refractivity contribution in [2.24, 2.45) is 5.73 Å². The third-order valence-corrected chi connectivity index (χ3v) is 5.49. The van der Waals surface area contributed by atoms with Gasteiger partial charge in [-0.3, -0.25) is 0 Å². The Kier molecular flexibility index (Phi) is 8.92. The average Bonchev–Trinajstić information content (AvgIpc) is 2.59. The van der Waals surface area contributed by atoms with Gasteiger partial charge in [-0.05, 0) is 36.2 Å². The third-order valence-electron chi connectivity index (χ3n) is 3.69. The first-order chi connectivity index (χ1) is 11.5. The normalized spacial score (nSPS) is 11.2. The number of ether oxygens (including phenoxy) is 1. The SMILES string of the molecule is COc1cccc(CS(=O)(=O)N(CCCN)Cc2ccccc2)c1.Cl. The standard InChI is InChI=1S/C18H24N2O3S.ClH/c1-23-18-10-5-9-17(13-18)15-24(21,22)20(12-6-11-19)14-16-7-3-2-4-8-16;/h2-5,7-10,13H,6,11-12,14-15,19H2,1H3;1H. The quantitative estimate of drug-likeness (QED) is 0.721. The smallest absolute Gasteiger partial charge is 0.218 e. The lowest BCUT2D eigenvalue weighted by atomic mass is 10.2. The molecule has 0 aliphatic heterocycles. The Bertz CT molecular complexity index is 739. The van der Waals surface area contributed by atoms with E-state index in [4.69, 9.17) is 10.5 Å². The van der Waals surface area contributed by atoms with Crippen LogP contribution >= 0.6 is 12.4 Å². The lowest BCUT2D eigenvalue weighted by molar-refractivity contribution is 0.400. The lowest BCUT2D eigenvalue weighted by Gasteiger charge is -2.22. The number of rotatable bonds is 9. The zero-order chi connectivity index (χ0) is 17.4. The predicted molar refractivity (Wildman–Crippen MR) is 103 cm³/mol. The molecule has 5 nitrogen and oxygen atoms in total. The van der Waals surface area contributed by atoms with Gasteiger partial charge < -0.3 is 10.5 Å². The second-order valence-corrected chi connectivity index (χ2v) is 7.54. The molecule has 2 aromatic carbocycles. The number of benzene rings is 2. The predicted octanol–water partition coefficient (Wildman–Crippen LogP) is 2.80. The molecular weight excluding hydrogens is 360 g/mol. The van der Waals surface area contributed by atoms with E-state index in [2.05, 4.69) is 0 Å². The van der Waals surface area contributed by atoms with Crippen LogP contribution in [-0.2, 0) is 22.3 Å². The summed E-state index contributed by atoms with van der Waals surface area (Å²) in [6, 6.07) is 16.7. The van der Waals surface area contributed by atoms with Crippen molar-refractivity contribution in [3.8, 4) is 5.75 Å². The molecule has 138 valence electrons.